The van der Waals surface area contributed by atoms with Crippen molar-refractivity contribution in [2.45, 2.75) is 39.2 Å². The predicted octanol–water partition coefficient (Wildman–Crippen LogP) is 2.30. The molecular formula is C17H26N2O2. The summed E-state index contributed by atoms with van der Waals surface area (Å²) in [6, 6.07) is 8.20. The number of rotatable bonds is 5. The number of nitrogens with one attached hydrogen (secondary N) is 2. The third kappa shape index (κ3) is 4.74. The van der Waals surface area contributed by atoms with Crippen molar-refractivity contribution in [1.29, 1.82) is 0 Å². The molecule has 2 unspecified atom stereocenters. The minimum Gasteiger partial charge on any atom is -0.484 e. The molecule has 4 heteroatoms. The van der Waals surface area contributed by atoms with Crippen LogP contribution in [0.3, 0.4) is 0 Å². The van der Waals surface area contributed by atoms with Gasteiger partial charge in [0.1, 0.15) is 5.75 Å². The average Bonchev–Trinajstić information content (AvgIpc) is 2.48. The smallest absolute Gasteiger partial charge is 0.258 e. The minimum atomic E-state index is -0.0382. The van der Waals surface area contributed by atoms with Crippen LogP contribution in [0.5, 0.6) is 5.75 Å². The first-order valence-electron chi connectivity index (χ1n) is 7.79. The van der Waals surface area contributed by atoms with Crippen LogP contribution in [-0.4, -0.2) is 31.6 Å². The van der Waals surface area contributed by atoms with Crippen LogP contribution in [0.1, 0.15) is 38.7 Å². The molecule has 2 atom stereocenters. The van der Waals surface area contributed by atoms with Gasteiger partial charge in [-0.2, -0.15) is 0 Å². The number of amides is 1. The monoisotopic (exact) mass is 290 g/mol. The fourth-order valence-corrected chi connectivity index (χ4v) is 2.59. The number of hydrogen-bond acceptors (Lipinski definition) is 3. The van der Waals surface area contributed by atoms with E-state index in [4.69, 9.17) is 4.74 Å². The molecule has 1 aliphatic rings. The summed E-state index contributed by atoms with van der Waals surface area (Å²) in [6.45, 7) is 8.45. The maximum absolute atomic E-state index is 12.0. The van der Waals surface area contributed by atoms with Crippen LogP contribution in [0.2, 0.25) is 0 Å². The Morgan fingerprint density at radius 2 is 2.29 bits per heavy atom. The second-order valence-electron chi connectivity index (χ2n) is 6.16. The van der Waals surface area contributed by atoms with Crippen molar-refractivity contribution in [3.05, 3.63) is 29.8 Å². The number of carbonyl (C=O) groups excluding carboxylic acids is 1. The molecule has 1 aromatic rings. The summed E-state index contributed by atoms with van der Waals surface area (Å²) in [5.74, 6) is 1.64. The standard InChI is InChI=1S/C17H26N2O2/c1-12(2)14-5-4-6-15(9-14)21-11-17(20)19-16-7-8-18-10-13(16)3/h4-6,9,12-13,16,18H,7-8,10-11H2,1-3H3,(H,19,20). The van der Waals surface area contributed by atoms with Crippen molar-refractivity contribution >= 4 is 5.91 Å². The van der Waals surface area contributed by atoms with Gasteiger partial charge < -0.3 is 15.4 Å². The van der Waals surface area contributed by atoms with Crippen LogP contribution >= 0.6 is 0 Å². The maximum atomic E-state index is 12.0. The summed E-state index contributed by atoms with van der Waals surface area (Å²) in [4.78, 5) is 12.0. The molecular weight excluding hydrogens is 264 g/mol. The molecule has 0 aromatic heterocycles. The molecule has 21 heavy (non-hydrogen) atoms. The molecule has 2 N–H and O–H groups in total. The Bertz CT molecular complexity index is 474. The molecule has 116 valence electrons. The molecule has 4 nitrogen and oxygen atoms in total. The van der Waals surface area contributed by atoms with Crippen LogP contribution in [-0.2, 0) is 4.79 Å². The Labute approximate surface area is 127 Å². The first kappa shape index (κ1) is 15.8. The summed E-state index contributed by atoms with van der Waals surface area (Å²) >= 11 is 0. The first-order chi connectivity index (χ1) is 10.1. The maximum Gasteiger partial charge on any atom is 0.258 e. The van der Waals surface area contributed by atoms with Crippen molar-refractivity contribution in [3.63, 3.8) is 0 Å². The lowest BCUT2D eigenvalue weighted by molar-refractivity contribution is -0.124. The number of ether oxygens (including phenoxy) is 1. The molecule has 0 saturated carbocycles. The van der Waals surface area contributed by atoms with Gasteiger partial charge in [0.05, 0.1) is 0 Å². The van der Waals surface area contributed by atoms with Crippen molar-refractivity contribution < 1.29 is 9.53 Å². The Hall–Kier alpha value is -1.55. The SMILES string of the molecule is CC(C)c1cccc(OCC(=O)NC2CCNCC2C)c1. The third-order valence-electron chi connectivity index (χ3n) is 4.03. The van der Waals surface area contributed by atoms with Gasteiger partial charge in [0.25, 0.3) is 5.91 Å². The number of piperidine rings is 1. The van der Waals surface area contributed by atoms with Gasteiger partial charge in [-0.3, -0.25) is 4.79 Å². The van der Waals surface area contributed by atoms with Gasteiger partial charge in [-0.25, -0.2) is 0 Å². The van der Waals surface area contributed by atoms with E-state index in [1.807, 2.05) is 18.2 Å². The first-order valence-corrected chi connectivity index (χ1v) is 7.79. The Morgan fingerprint density at radius 1 is 1.48 bits per heavy atom. The highest BCUT2D eigenvalue weighted by Gasteiger charge is 2.22. The van der Waals surface area contributed by atoms with Crippen LogP contribution < -0.4 is 15.4 Å². The lowest BCUT2D eigenvalue weighted by atomic mass is 9.95. The van der Waals surface area contributed by atoms with Crippen molar-refractivity contribution in [2.75, 3.05) is 19.7 Å². The normalized spacial score (nSPS) is 22.1. The number of hydrogen-bond donors (Lipinski definition) is 2. The van der Waals surface area contributed by atoms with E-state index in [9.17, 15) is 4.79 Å². The second-order valence-corrected chi connectivity index (χ2v) is 6.16. The van der Waals surface area contributed by atoms with E-state index in [1.165, 1.54) is 5.56 Å². The molecule has 1 saturated heterocycles. The Morgan fingerprint density at radius 3 is 3.00 bits per heavy atom. The lowest BCUT2D eigenvalue weighted by Gasteiger charge is -2.30. The summed E-state index contributed by atoms with van der Waals surface area (Å²) in [6.07, 6.45) is 0.982. The zero-order chi connectivity index (χ0) is 15.2. The van der Waals surface area contributed by atoms with Gasteiger partial charge in [0.2, 0.25) is 0 Å². The van der Waals surface area contributed by atoms with Crippen molar-refractivity contribution in [3.8, 4) is 5.75 Å². The van der Waals surface area contributed by atoms with E-state index in [2.05, 4.69) is 37.5 Å². The van der Waals surface area contributed by atoms with E-state index in [0.717, 1.165) is 25.3 Å². The van der Waals surface area contributed by atoms with Crippen LogP contribution in [0.4, 0.5) is 0 Å². The zero-order valence-electron chi connectivity index (χ0n) is 13.2. The zero-order valence-corrected chi connectivity index (χ0v) is 13.2. The fourth-order valence-electron chi connectivity index (χ4n) is 2.59. The van der Waals surface area contributed by atoms with E-state index >= 15 is 0 Å². The van der Waals surface area contributed by atoms with E-state index in [0.29, 0.717) is 11.8 Å². The highest BCUT2D eigenvalue weighted by atomic mass is 16.5. The summed E-state index contributed by atoms with van der Waals surface area (Å²) in [5.41, 5.74) is 1.22. The highest BCUT2D eigenvalue weighted by molar-refractivity contribution is 5.77. The van der Waals surface area contributed by atoms with Gasteiger partial charge in [-0.05, 0) is 49.0 Å². The molecule has 1 heterocycles. The average molecular weight is 290 g/mol. The fraction of sp³-hybridized carbons (Fsp3) is 0.588. The molecule has 1 aromatic carbocycles. The third-order valence-corrected chi connectivity index (χ3v) is 4.03. The lowest BCUT2D eigenvalue weighted by Crippen LogP contribution is -2.49. The van der Waals surface area contributed by atoms with Crippen LogP contribution in [0.25, 0.3) is 0 Å². The Kier molecular flexibility index (Phi) is 5.62. The number of carbonyl (C=O) groups is 1. The summed E-state index contributed by atoms with van der Waals surface area (Å²) in [5, 5.41) is 6.40. The molecule has 0 spiro atoms. The van der Waals surface area contributed by atoms with Gasteiger partial charge in [-0.15, -0.1) is 0 Å². The quantitative estimate of drug-likeness (QED) is 0.875. The Balaban J connectivity index is 1.82. The summed E-state index contributed by atoms with van der Waals surface area (Å²) in [7, 11) is 0. The van der Waals surface area contributed by atoms with E-state index in [1.54, 1.807) is 0 Å². The highest BCUT2D eigenvalue weighted by Crippen LogP contribution is 2.20. The van der Waals surface area contributed by atoms with Crippen molar-refractivity contribution in [2.24, 2.45) is 5.92 Å². The van der Waals surface area contributed by atoms with Crippen molar-refractivity contribution in [1.82, 2.24) is 10.6 Å². The molecule has 0 aliphatic carbocycles. The van der Waals surface area contributed by atoms with Gasteiger partial charge in [0, 0.05) is 6.04 Å². The van der Waals surface area contributed by atoms with E-state index in [-0.39, 0.29) is 18.6 Å². The topological polar surface area (TPSA) is 50.4 Å². The molecule has 1 amide bonds. The summed E-state index contributed by atoms with van der Waals surface area (Å²) < 4.78 is 5.61. The molecule has 0 radical (unpaired) electrons. The second kappa shape index (κ2) is 7.46. The minimum absolute atomic E-state index is 0.0382. The predicted molar refractivity (Wildman–Crippen MR) is 84.6 cm³/mol. The molecule has 1 aliphatic heterocycles. The molecule has 1 fully saturated rings. The van der Waals surface area contributed by atoms with Gasteiger partial charge >= 0.3 is 0 Å². The van der Waals surface area contributed by atoms with E-state index < -0.39 is 0 Å². The number of benzene rings is 1. The van der Waals surface area contributed by atoms with Gasteiger partial charge in [0.15, 0.2) is 6.61 Å². The molecule has 2 rings (SSSR count). The van der Waals surface area contributed by atoms with Crippen LogP contribution in [0, 0.1) is 5.92 Å². The van der Waals surface area contributed by atoms with Gasteiger partial charge in [-0.1, -0.05) is 32.9 Å². The molecule has 0 bridgehead atoms. The largest absolute Gasteiger partial charge is 0.484 e. The van der Waals surface area contributed by atoms with Crippen LogP contribution in [0.15, 0.2) is 24.3 Å².